The van der Waals surface area contributed by atoms with E-state index in [1.807, 2.05) is 52.9 Å². The fourth-order valence-electron chi connectivity index (χ4n) is 6.18. The van der Waals surface area contributed by atoms with E-state index in [-0.39, 0.29) is 23.6 Å². The highest BCUT2D eigenvalue weighted by Crippen LogP contribution is 2.29. The van der Waals surface area contributed by atoms with Gasteiger partial charge in [-0.1, -0.05) is 37.1 Å². The zero-order chi connectivity index (χ0) is 25.4. The van der Waals surface area contributed by atoms with Crippen molar-refractivity contribution in [1.29, 1.82) is 0 Å². The zero-order valence-electron chi connectivity index (χ0n) is 21.5. The number of carbonyl (C=O) groups excluding carboxylic acids is 1. The number of ether oxygens (including phenoxy) is 1. The highest BCUT2D eigenvalue weighted by molar-refractivity contribution is 5.82. The summed E-state index contributed by atoms with van der Waals surface area (Å²) < 4.78 is 7.47. The summed E-state index contributed by atoms with van der Waals surface area (Å²) in [6, 6.07) is 10.0. The Kier molecular flexibility index (Phi) is 6.67. The monoisotopic (exact) mass is 501 g/mol. The molecule has 0 bridgehead atoms. The number of aryl methyl sites for hydroxylation is 1. The molecule has 1 atom stereocenters. The Morgan fingerprint density at radius 3 is 2.57 bits per heavy atom. The Bertz CT molecular complexity index is 1350. The molecule has 1 amide bonds. The van der Waals surface area contributed by atoms with Crippen LogP contribution in [0.25, 0.3) is 22.2 Å². The molecule has 4 heterocycles. The Morgan fingerprint density at radius 1 is 1.05 bits per heavy atom. The van der Waals surface area contributed by atoms with Gasteiger partial charge in [-0.3, -0.25) is 14.2 Å². The maximum absolute atomic E-state index is 13.8. The number of nitrogens with zero attached hydrogens (tertiary/aromatic N) is 4. The van der Waals surface area contributed by atoms with Crippen molar-refractivity contribution in [3.8, 4) is 11.1 Å². The van der Waals surface area contributed by atoms with Crippen LogP contribution in [0.15, 0.2) is 41.3 Å². The van der Waals surface area contributed by atoms with Gasteiger partial charge in [-0.25, -0.2) is 4.98 Å². The second-order valence-corrected chi connectivity index (χ2v) is 10.8. The molecular weight excluding hydrogens is 466 g/mol. The number of carbonyl (C=O) groups is 1. The Hall–Kier alpha value is -3.26. The maximum Gasteiger partial charge on any atom is 0.260 e. The first-order valence-electron chi connectivity index (χ1n) is 13.7. The van der Waals surface area contributed by atoms with Crippen molar-refractivity contribution in [1.82, 2.24) is 19.4 Å². The Labute approximate surface area is 217 Å². The summed E-state index contributed by atoms with van der Waals surface area (Å²) >= 11 is 0. The average Bonchev–Trinajstić information content (AvgIpc) is 3.64. The van der Waals surface area contributed by atoms with E-state index in [4.69, 9.17) is 9.72 Å². The van der Waals surface area contributed by atoms with Gasteiger partial charge in [0.1, 0.15) is 5.65 Å². The van der Waals surface area contributed by atoms with E-state index < -0.39 is 0 Å². The molecule has 8 nitrogen and oxygen atoms in total. The predicted molar refractivity (Wildman–Crippen MR) is 144 cm³/mol. The van der Waals surface area contributed by atoms with Gasteiger partial charge in [0.15, 0.2) is 0 Å². The SMILES string of the molecule is Cc1ccccc1-c1cc2cnc(NC3CCN(C(=O)C4CCCC4)CC3)nc2n([C@H]2CCOC2)c1=O. The third kappa shape index (κ3) is 4.75. The highest BCUT2D eigenvalue weighted by atomic mass is 16.5. The topological polar surface area (TPSA) is 89.3 Å². The molecule has 1 saturated carbocycles. The second-order valence-electron chi connectivity index (χ2n) is 10.8. The maximum atomic E-state index is 13.8. The van der Waals surface area contributed by atoms with Gasteiger partial charge in [-0.2, -0.15) is 4.98 Å². The van der Waals surface area contributed by atoms with Crippen LogP contribution in [0.5, 0.6) is 0 Å². The summed E-state index contributed by atoms with van der Waals surface area (Å²) in [7, 11) is 0. The lowest BCUT2D eigenvalue weighted by Gasteiger charge is -2.34. The molecule has 2 aromatic heterocycles. The van der Waals surface area contributed by atoms with Crippen molar-refractivity contribution >= 4 is 22.9 Å². The molecule has 0 radical (unpaired) electrons. The smallest absolute Gasteiger partial charge is 0.260 e. The van der Waals surface area contributed by atoms with Gasteiger partial charge in [0.2, 0.25) is 11.9 Å². The molecule has 0 unspecified atom stereocenters. The Balaban J connectivity index is 1.27. The summed E-state index contributed by atoms with van der Waals surface area (Å²) in [6.07, 6.45) is 8.78. The standard InChI is InChI=1S/C29H35N5O3/c1-19-6-2-5-9-24(19)25-16-21-17-30-29(32-26(21)34(28(25)36)23-12-15-37-18-23)31-22-10-13-33(14-11-22)27(35)20-7-3-4-8-20/h2,5-6,9,16-17,20,22-23H,3-4,7-8,10-15,18H2,1H3,(H,30,31,32)/t23-/m0/s1. The van der Waals surface area contributed by atoms with Gasteiger partial charge in [-0.15, -0.1) is 0 Å². The molecule has 1 aliphatic carbocycles. The van der Waals surface area contributed by atoms with Gasteiger partial charge >= 0.3 is 0 Å². The van der Waals surface area contributed by atoms with Crippen LogP contribution in [-0.2, 0) is 9.53 Å². The minimum atomic E-state index is -0.0495. The number of amides is 1. The molecule has 194 valence electrons. The van der Waals surface area contributed by atoms with Crippen LogP contribution in [0.2, 0.25) is 0 Å². The summed E-state index contributed by atoms with van der Waals surface area (Å²) in [5.41, 5.74) is 3.26. The number of nitrogens with one attached hydrogen (secondary N) is 1. The molecule has 3 aliphatic rings. The van der Waals surface area contributed by atoms with E-state index in [0.717, 1.165) is 61.7 Å². The third-order valence-corrected chi connectivity index (χ3v) is 8.32. The van der Waals surface area contributed by atoms with Crippen LogP contribution in [0.4, 0.5) is 5.95 Å². The molecule has 2 aliphatic heterocycles. The summed E-state index contributed by atoms with van der Waals surface area (Å²) in [6.45, 7) is 4.71. The Morgan fingerprint density at radius 2 is 1.84 bits per heavy atom. The quantitative estimate of drug-likeness (QED) is 0.560. The van der Waals surface area contributed by atoms with Crippen molar-refractivity contribution in [2.24, 2.45) is 5.92 Å². The van der Waals surface area contributed by atoms with Crippen molar-refractivity contribution in [3.05, 3.63) is 52.4 Å². The lowest BCUT2D eigenvalue weighted by molar-refractivity contribution is -0.136. The number of fused-ring (bicyclic) bond motifs is 1. The minimum absolute atomic E-state index is 0.0410. The van der Waals surface area contributed by atoms with Gasteiger partial charge in [-0.05, 0) is 56.2 Å². The summed E-state index contributed by atoms with van der Waals surface area (Å²) in [5.74, 6) is 1.10. The molecule has 6 rings (SSSR count). The average molecular weight is 502 g/mol. The number of aromatic nitrogens is 3. The first-order chi connectivity index (χ1) is 18.1. The molecule has 3 aromatic rings. The van der Waals surface area contributed by atoms with Crippen molar-refractivity contribution < 1.29 is 9.53 Å². The van der Waals surface area contributed by atoms with Crippen LogP contribution >= 0.6 is 0 Å². The zero-order valence-corrected chi connectivity index (χ0v) is 21.5. The number of benzene rings is 1. The lowest BCUT2D eigenvalue weighted by Crippen LogP contribution is -2.44. The van der Waals surface area contributed by atoms with Crippen LogP contribution < -0.4 is 10.9 Å². The van der Waals surface area contributed by atoms with E-state index in [9.17, 15) is 9.59 Å². The molecule has 1 N–H and O–H groups in total. The van der Waals surface area contributed by atoms with Crippen LogP contribution in [0.3, 0.4) is 0 Å². The van der Waals surface area contributed by atoms with Crippen LogP contribution in [-0.4, -0.2) is 57.7 Å². The van der Waals surface area contributed by atoms with Crippen molar-refractivity contribution in [2.45, 2.75) is 64.0 Å². The largest absolute Gasteiger partial charge is 0.379 e. The van der Waals surface area contributed by atoms with Gasteiger partial charge in [0.25, 0.3) is 5.56 Å². The molecular formula is C29H35N5O3. The molecule has 37 heavy (non-hydrogen) atoms. The van der Waals surface area contributed by atoms with Crippen LogP contribution in [0, 0.1) is 12.8 Å². The minimum Gasteiger partial charge on any atom is -0.379 e. The number of likely N-dealkylation sites (tertiary alicyclic amines) is 1. The normalized spacial score (nSPS) is 21.1. The predicted octanol–water partition coefficient (Wildman–Crippen LogP) is 4.32. The van der Waals surface area contributed by atoms with Gasteiger partial charge in [0.05, 0.1) is 12.6 Å². The van der Waals surface area contributed by atoms with Gasteiger partial charge in [0, 0.05) is 48.8 Å². The lowest BCUT2D eigenvalue weighted by atomic mass is 10.0. The van der Waals surface area contributed by atoms with Crippen molar-refractivity contribution in [3.63, 3.8) is 0 Å². The second kappa shape index (κ2) is 10.2. The summed E-state index contributed by atoms with van der Waals surface area (Å²) in [4.78, 5) is 38.1. The molecule has 8 heteroatoms. The number of hydrogen-bond acceptors (Lipinski definition) is 6. The molecule has 1 aromatic carbocycles. The van der Waals surface area contributed by atoms with E-state index >= 15 is 0 Å². The highest BCUT2D eigenvalue weighted by Gasteiger charge is 2.30. The number of anilines is 1. The first kappa shape index (κ1) is 24.1. The first-order valence-corrected chi connectivity index (χ1v) is 13.7. The summed E-state index contributed by atoms with van der Waals surface area (Å²) in [5, 5.41) is 4.33. The van der Waals surface area contributed by atoms with E-state index in [2.05, 4.69) is 10.3 Å². The molecule has 2 saturated heterocycles. The van der Waals surface area contributed by atoms with Gasteiger partial charge < -0.3 is 15.0 Å². The molecule has 3 fully saturated rings. The fraction of sp³-hybridized carbons (Fsp3) is 0.517. The van der Waals surface area contributed by atoms with E-state index in [0.29, 0.717) is 36.3 Å². The van der Waals surface area contributed by atoms with E-state index in [1.54, 1.807) is 0 Å². The molecule has 0 spiro atoms. The number of pyridine rings is 1. The van der Waals surface area contributed by atoms with Crippen LogP contribution in [0.1, 0.15) is 56.6 Å². The number of piperidine rings is 1. The number of hydrogen-bond donors (Lipinski definition) is 1. The number of rotatable bonds is 5. The third-order valence-electron chi connectivity index (χ3n) is 8.32. The van der Waals surface area contributed by atoms with Crippen molar-refractivity contribution in [2.75, 3.05) is 31.6 Å². The fourth-order valence-corrected chi connectivity index (χ4v) is 6.18. The van der Waals surface area contributed by atoms with E-state index in [1.165, 1.54) is 12.8 Å².